The van der Waals surface area contributed by atoms with E-state index in [4.69, 9.17) is 0 Å². The zero-order valence-corrected chi connectivity index (χ0v) is 9.48. The van der Waals surface area contributed by atoms with E-state index in [0.717, 1.165) is 31.4 Å². The normalized spacial score (nSPS) is 18.6. The van der Waals surface area contributed by atoms with Gasteiger partial charge < -0.3 is 5.32 Å². The molecule has 1 aromatic heterocycles. The zero-order chi connectivity index (χ0) is 10.7. The van der Waals surface area contributed by atoms with E-state index in [9.17, 15) is 0 Å². The molecular weight excluding hydrogens is 190 g/mol. The number of piperidine rings is 1. The van der Waals surface area contributed by atoms with Gasteiger partial charge in [-0.3, -0.25) is 0 Å². The van der Waals surface area contributed by atoms with E-state index in [-0.39, 0.29) is 0 Å². The third-order valence-corrected chi connectivity index (χ3v) is 2.97. The first-order valence-electron chi connectivity index (χ1n) is 5.74. The Hall–Kier alpha value is -0.970. The van der Waals surface area contributed by atoms with Crippen molar-refractivity contribution in [3.8, 4) is 0 Å². The molecule has 1 aromatic rings. The van der Waals surface area contributed by atoms with E-state index in [1.807, 2.05) is 4.68 Å². The molecule has 0 bridgehead atoms. The topological polar surface area (TPSA) is 55.6 Å². The lowest BCUT2D eigenvalue weighted by Gasteiger charge is -2.22. The second kappa shape index (κ2) is 4.70. The van der Waals surface area contributed by atoms with E-state index >= 15 is 0 Å². The van der Waals surface area contributed by atoms with Gasteiger partial charge in [-0.15, -0.1) is 5.10 Å². The smallest absolute Gasteiger partial charge is 0.153 e. The summed E-state index contributed by atoms with van der Waals surface area (Å²) in [6.45, 7) is 7.49. The van der Waals surface area contributed by atoms with Gasteiger partial charge in [0, 0.05) is 12.5 Å². The highest BCUT2D eigenvalue weighted by Gasteiger charge is 2.17. The van der Waals surface area contributed by atoms with Crippen LogP contribution in [0.2, 0.25) is 0 Å². The Labute approximate surface area is 90.2 Å². The van der Waals surface area contributed by atoms with Crippen LogP contribution in [-0.4, -0.2) is 33.3 Å². The first-order chi connectivity index (χ1) is 7.27. The van der Waals surface area contributed by atoms with Crippen molar-refractivity contribution in [1.82, 2.24) is 25.5 Å². The highest BCUT2D eigenvalue weighted by Crippen LogP contribution is 2.16. The highest BCUT2D eigenvalue weighted by atomic mass is 15.5. The summed E-state index contributed by atoms with van der Waals surface area (Å²) in [7, 11) is 0. The number of hydrogen-bond acceptors (Lipinski definition) is 4. The number of aromatic nitrogens is 4. The van der Waals surface area contributed by atoms with Crippen LogP contribution in [0.15, 0.2) is 0 Å². The molecule has 15 heavy (non-hydrogen) atoms. The molecule has 1 N–H and O–H groups in total. The molecule has 0 radical (unpaired) electrons. The Kier molecular flexibility index (Phi) is 3.30. The SMILES string of the molecule is CC(C)c1nnnn1CC1CCNCC1. The van der Waals surface area contributed by atoms with Gasteiger partial charge in [-0.05, 0) is 42.3 Å². The van der Waals surface area contributed by atoms with E-state index in [1.165, 1.54) is 12.8 Å². The standard InChI is InChI=1S/C10H19N5/c1-8(2)10-12-13-14-15(10)7-9-3-5-11-6-4-9/h8-9,11H,3-7H2,1-2H3. The first-order valence-corrected chi connectivity index (χ1v) is 5.74. The quantitative estimate of drug-likeness (QED) is 0.800. The number of nitrogens with zero attached hydrogens (tertiary/aromatic N) is 4. The Morgan fingerprint density at radius 2 is 2.13 bits per heavy atom. The minimum absolute atomic E-state index is 0.404. The summed E-state index contributed by atoms with van der Waals surface area (Å²) in [5, 5.41) is 15.3. The van der Waals surface area contributed by atoms with E-state index in [0.29, 0.717) is 5.92 Å². The summed E-state index contributed by atoms with van der Waals surface area (Å²) in [4.78, 5) is 0. The summed E-state index contributed by atoms with van der Waals surface area (Å²) in [6.07, 6.45) is 2.47. The van der Waals surface area contributed by atoms with Gasteiger partial charge in [0.1, 0.15) is 0 Å². The second-order valence-electron chi connectivity index (χ2n) is 4.57. The Morgan fingerprint density at radius 3 is 2.80 bits per heavy atom. The molecule has 1 aliphatic heterocycles. The summed E-state index contributed by atoms with van der Waals surface area (Å²) < 4.78 is 1.97. The van der Waals surface area contributed by atoms with Crippen molar-refractivity contribution in [3.05, 3.63) is 5.82 Å². The van der Waals surface area contributed by atoms with Crippen LogP contribution in [0.5, 0.6) is 0 Å². The Balaban J connectivity index is 1.99. The van der Waals surface area contributed by atoms with Crippen LogP contribution in [0.1, 0.15) is 38.4 Å². The van der Waals surface area contributed by atoms with Crippen molar-refractivity contribution in [2.24, 2.45) is 5.92 Å². The Bertz CT molecular complexity index is 301. The summed E-state index contributed by atoms with van der Waals surface area (Å²) >= 11 is 0. The van der Waals surface area contributed by atoms with Crippen LogP contribution in [-0.2, 0) is 6.54 Å². The maximum Gasteiger partial charge on any atom is 0.153 e. The molecule has 2 rings (SSSR count). The molecule has 2 heterocycles. The molecule has 0 saturated carbocycles. The van der Waals surface area contributed by atoms with Crippen LogP contribution in [0.3, 0.4) is 0 Å². The zero-order valence-electron chi connectivity index (χ0n) is 9.48. The summed E-state index contributed by atoms with van der Waals surface area (Å²) in [5.41, 5.74) is 0. The molecular formula is C10H19N5. The van der Waals surface area contributed by atoms with Crippen molar-refractivity contribution >= 4 is 0 Å². The van der Waals surface area contributed by atoms with E-state index in [2.05, 4.69) is 34.7 Å². The van der Waals surface area contributed by atoms with E-state index < -0.39 is 0 Å². The number of nitrogens with one attached hydrogen (secondary N) is 1. The Morgan fingerprint density at radius 1 is 1.40 bits per heavy atom. The van der Waals surface area contributed by atoms with E-state index in [1.54, 1.807) is 0 Å². The average molecular weight is 209 g/mol. The van der Waals surface area contributed by atoms with Crippen molar-refractivity contribution in [1.29, 1.82) is 0 Å². The van der Waals surface area contributed by atoms with Crippen LogP contribution in [0, 0.1) is 5.92 Å². The van der Waals surface area contributed by atoms with Crippen molar-refractivity contribution in [3.63, 3.8) is 0 Å². The molecule has 0 unspecified atom stereocenters. The lowest BCUT2D eigenvalue weighted by molar-refractivity contribution is 0.313. The molecule has 1 saturated heterocycles. The van der Waals surface area contributed by atoms with Gasteiger partial charge in [-0.2, -0.15) is 0 Å². The molecule has 5 nitrogen and oxygen atoms in total. The second-order valence-corrected chi connectivity index (χ2v) is 4.57. The van der Waals surface area contributed by atoms with Crippen LogP contribution < -0.4 is 5.32 Å². The van der Waals surface area contributed by atoms with Crippen molar-refractivity contribution in [2.45, 2.75) is 39.2 Å². The molecule has 1 aliphatic rings. The number of hydrogen-bond donors (Lipinski definition) is 1. The maximum absolute atomic E-state index is 4.07. The van der Waals surface area contributed by atoms with Crippen LogP contribution in [0.25, 0.3) is 0 Å². The molecule has 0 aromatic carbocycles. The minimum Gasteiger partial charge on any atom is -0.317 e. The molecule has 84 valence electrons. The monoisotopic (exact) mass is 209 g/mol. The third-order valence-electron chi connectivity index (χ3n) is 2.97. The fraction of sp³-hybridized carbons (Fsp3) is 0.900. The molecule has 0 spiro atoms. The number of tetrazole rings is 1. The van der Waals surface area contributed by atoms with Gasteiger partial charge in [0.25, 0.3) is 0 Å². The van der Waals surface area contributed by atoms with Gasteiger partial charge >= 0.3 is 0 Å². The van der Waals surface area contributed by atoms with Crippen LogP contribution in [0.4, 0.5) is 0 Å². The maximum atomic E-state index is 4.07. The molecule has 0 amide bonds. The molecule has 5 heteroatoms. The van der Waals surface area contributed by atoms with Crippen LogP contribution >= 0.6 is 0 Å². The average Bonchev–Trinajstić information content (AvgIpc) is 2.67. The fourth-order valence-electron chi connectivity index (χ4n) is 2.06. The van der Waals surface area contributed by atoms with Gasteiger partial charge in [0.15, 0.2) is 5.82 Å². The molecule has 1 fully saturated rings. The predicted molar refractivity (Wildman–Crippen MR) is 57.5 cm³/mol. The fourth-order valence-corrected chi connectivity index (χ4v) is 2.06. The lowest BCUT2D eigenvalue weighted by Crippen LogP contribution is -2.30. The van der Waals surface area contributed by atoms with Crippen molar-refractivity contribution < 1.29 is 0 Å². The number of rotatable bonds is 3. The van der Waals surface area contributed by atoms with Gasteiger partial charge in [0.2, 0.25) is 0 Å². The minimum atomic E-state index is 0.404. The van der Waals surface area contributed by atoms with Gasteiger partial charge in [0.05, 0.1) is 0 Å². The first kappa shape index (κ1) is 10.5. The molecule has 0 aliphatic carbocycles. The third kappa shape index (κ3) is 2.53. The van der Waals surface area contributed by atoms with Gasteiger partial charge in [-0.1, -0.05) is 13.8 Å². The van der Waals surface area contributed by atoms with Gasteiger partial charge in [-0.25, -0.2) is 4.68 Å². The largest absolute Gasteiger partial charge is 0.317 e. The molecule has 0 atom stereocenters. The highest BCUT2D eigenvalue weighted by molar-refractivity contribution is 4.88. The predicted octanol–water partition coefficient (Wildman–Crippen LogP) is 0.796. The summed E-state index contributed by atoms with van der Waals surface area (Å²) in [5.74, 6) is 2.14. The lowest BCUT2D eigenvalue weighted by atomic mass is 9.98. The summed E-state index contributed by atoms with van der Waals surface area (Å²) in [6, 6.07) is 0. The van der Waals surface area contributed by atoms with Crippen molar-refractivity contribution in [2.75, 3.05) is 13.1 Å².